The molecule has 50 heavy (non-hydrogen) atoms. The van der Waals surface area contributed by atoms with Gasteiger partial charge in [-0.05, 0) is 23.3 Å². The number of aromatic nitrogens is 4. The van der Waals surface area contributed by atoms with E-state index in [4.69, 9.17) is 19.9 Å². The predicted octanol–water partition coefficient (Wildman–Crippen LogP) is 12.3. The van der Waals surface area contributed by atoms with Gasteiger partial charge in [0, 0.05) is 53.2 Å². The highest BCUT2D eigenvalue weighted by Crippen LogP contribution is 2.47. The standard InChI is InChI=1S/C44H26N4S2/c1-3-11-27(12-4-1)28-19-23-31(24-20-28)42-46-41(30-13-5-2-6-14-30)47-43(48-42)32-25-21-29(22-26-32)39-40-37(33-15-7-9-17-35(33)49-40)38-34-16-8-10-18-36(34)50-44(38)45-39/h1-26H. The fourth-order valence-corrected chi connectivity index (χ4v) is 9.04. The van der Waals surface area contributed by atoms with Gasteiger partial charge in [0.05, 0.1) is 10.4 Å². The third kappa shape index (κ3) is 4.88. The zero-order valence-electron chi connectivity index (χ0n) is 26.6. The first kappa shape index (κ1) is 28.9. The molecule has 0 fully saturated rings. The average Bonchev–Trinajstić information content (AvgIpc) is 3.77. The van der Waals surface area contributed by atoms with Gasteiger partial charge in [-0.3, -0.25) is 0 Å². The molecule has 0 radical (unpaired) electrons. The lowest BCUT2D eigenvalue weighted by Crippen LogP contribution is -2.00. The molecule has 0 amide bonds. The van der Waals surface area contributed by atoms with Gasteiger partial charge in [-0.25, -0.2) is 19.9 Å². The Morgan fingerprint density at radius 3 is 1.34 bits per heavy atom. The molecule has 6 aromatic carbocycles. The molecule has 0 aliphatic carbocycles. The minimum Gasteiger partial charge on any atom is -0.235 e. The molecule has 234 valence electrons. The summed E-state index contributed by atoms with van der Waals surface area (Å²) in [7, 11) is 0. The fourth-order valence-electron chi connectivity index (χ4n) is 6.73. The molecule has 4 nitrogen and oxygen atoms in total. The normalized spacial score (nSPS) is 11.6. The van der Waals surface area contributed by atoms with E-state index < -0.39 is 0 Å². The highest BCUT2D eigenvalue weighted by molar-refractivity contribution is 7.28. The van der Waals surface area contributed by atoms with Crippen LogP contribution >= 0.6 is 22.7 Å². The van der Waals surface area contributed by atoms with E-state index in [-0.39, 0.29) is 0 Å². The molecule has 6 heteroatoms. The first-order chi connectivity index (χ1) is 24.8. The highest BCUT2D eigenvalue weighted by atomic mass is 32.1. The second-order valence-electron chi connectivity index (χ2n) is 12.2. The number of benzene rings is 6. The Morgan fingerprint density at radius 1 is 0.320 bits per heavy atom. The molecule has 0 saturated heterocycles. The Hall–Kier alpha value is -6.08. The summed E-state index contributed by atoms with van der Waals surface area (Å²) < 4.78 is 3.74. The second kappa shape index (κ2) is 11.8. The van der Waals surface area contributed by atoms with Crippen molar-refractivity contribution >= 4 is 63.1 Å². The molecule has 0 aliphatic rings. The number of hydrogen-bond acceptors (Lipinski definition) is 6. The molecule has 0 atom stereocenters. The molecule has 4 aromatic heterocycles. The van der Waals surface area contributed by atoms with Crippen LogP contribution in [-0.2, 0) is 0 Å². The van der Waals surface area contributed by atoms with Crippen LogP contribution < -0.4 is 0 Å². The summed E-state index contributed by atoms with van der Waals surface area (Å²) >= 11 is 3.58. The lowest BCUT2D eigenvalue weighted by Gasteiger charge is -2.10. The third-order valence-corrected chi connectivity index (χ3v) is 11.4. The number of nitrogens with zero attached hydrogens (tertiary/aromatic N) is 4. The average molecular weight is 675 g/mol. The topological polar surface area (TPSA) is 51.6 Å². The molecule has 0 aliphatic heterocycles. The maximum Gasteiger partial charge on any atom is 0.164 e. The van der Waals surface area contributed by atoms with E-state index in [1.54, 1.807) is 11.3 Å². The molecular weight excluding hydrogens is 649 g/mol. The van der Waals surface area contributed by atoms with Crippen molar-refractivity contribution in [3.8, 4) is 56.5 Å². The fraction of sp³-hybridized carbons (Fsp3) is 0. The van der Waals surface area contributed by atoms with Crippen molar-refractivity contribution in [1.82, 2.24) is 19.9 Å². The summed E-state index contributed by atoms with van der Waals surface area (Å²) in [5, 5.41) is 5.09. The van der Waals surface area contributed by atoms with E-state index in [1.165, 1.54) is 41.2 Å². The molecule has 0 saturated carbocycles. The van der Waals surface area contributed by atoms with Gasteiger partial charge in [0.25, 0.3) is 0 Å². The highest BCUT2D eigenvalue weighted by Gasteiger charge is 2.20. The predicted molar refractivity (Wildman–Crippen MR) is 211 cm³/mol. The Bertz CT molecular complexity index is 2840. The summed E-state index contributed by atoms with van der Waals surface area (Å²) in [6.45, 7) is 0. The number of hydrogen-bond donors (Lipinski definition) is 0. The van der Waals surface area contributed by atoms with E-state index >= 15 is 0 Å². The van der Waals surface area contributed by atoms with Gasteiger partial charge >= 0.3 is 0 Å². The largest absolute Gasteiger partial charge is 0.235 e. The van der Waals surface area contributed by atoms with E-state index in [9.17, 15) is 0 Å². The molecule has 0 unspecified atom stereocenters. The minimum absolute atomic E-state index is 0.632. The SMILES string of the molecule is c1ccc(-c2ccc(-c3nc(-c4ccccc4)nc(-c4ccc(-c5nc6sc7ccccc7c6c6c5sc5ccccc56)cc4)n3)cc2)cc1. The van der Waals surface area contributed by atoms with Gasteiger partial charge < -0.3 is 0 Å². The second-order valence-corrected chi connectivity index (χ2v) is 14.3. The molecule has 0 spiro atoms. The minimum atomic E-state index is 0.632. The lowest BCUT2D eigenvalue weighted by molar-refractivity contribution is 1.07. The van der Waals surface area contributed by atoms with E-state index in [2.05, 4.69) is 121 Å². The van der Waals surface area contributed by atoms with E-state index in [0.29, 0.717) is 17.5 Å². The Kier molecular flexibility index (Phi) is 6.82. The van der Waals surface area contributed by atoms with Crippen LogP contribution in [0.1, 0.15) is 0 Å². The third-order valence-electron chi connectivity index (χ3n) is 9.18. The summed E-state index contributed by atoms with van der Waals surface area (Å²) in [6, 6.07) is 54.8. The Morgan fingerprint density at radius 2 is 0.740 bits per heavy atom. The van der Waals surface area contributed by atoms with Crippen LogP contribution in [0.5, 0.6) is 0 Å². The summed E-state index contributed by atoms with van der Waals surface area (Å²) in [6.07, 6.45) is 0. The van der Waals surface area contributed by atoms with Crippen molar-refractivity contribution < 1.29 is 0 Å². The van der Waals surface area contributed by atoms with Crippen LogP contribution in [0.4, 0.5) is 0 Å². The van der Waals surface area contributed by atoms with Crippen molar-refractivity contribution in [3.05, 3.63) is 158 Å². The molecule has 0 bridgehead atoms. The van der Waals surface area contributed by atoms with Crippen LogP contribution in [0.25, 0.3) is 97.0 Å². The van der Waals surface area contributed by atoms with Crippen LogP contribution in [0, 0.1) is 0 Å². The van der Waals surface area contributed by atoms with Crippen molar-refractivity contribution in [2.24, 2.45) is 0 Å². The van der Waals surface area contributed by atoms with Gasteiger partial charge in [-0.15, -0.1) is 22.7 Å². The van der Waals surface area contributed by atoms with Gasteiger partial charge in [0.15, 0.2) is 17.5 Å². The molecule has 10 rings (SSSR count). The molecule has 4 heterocycles. The monoisotopic (exact) mass is 674 g/mol. The van der Waals surface area contributed by atoms with Crippen molar-refractivity contribution in [2.45, 2.75) is 0 Å². The van der Waals surface area contributed by atoms with Crippen molar-refractivity contribution in [3.63, 3.8) is 0 Å². The van der Waals surface area contributed by atoms with Gasteiger partial charge in [0.2, 0.25) is 0 Å². The van der Waals surface area contributed by atoms with E-state index in [0.717, 1.165) is 38.3 Å². The number of thiophene rings is 2. The van der Waals surface area contributed by atoms with Crippen LogP contribution in [0.15, 0.2) is 158 Å². The quantitative estimate of drug-likeness (QED) is 0.182. The van der Waals surface area contributed by atoms with Crippen LogP contribution in [-0.4, -0.2) is 19.9 Å². The lowest BCUT2D eigenvalue weighted by atomic mass is 10.0. The van der Waals surface area contributed by atoms with Gasteiger partial charge in [0.1, 0.15) is 4.83 Å². The van der Waals surface area contributed by atoms with Gasteiger partial charge in [-0.1, -0.05) is 146 Å². The number of fused-ring (bicyclic) bond motifs is 7. The Labute approximate surface area is 296 Å². The maximum absolute atomic E-state index is 5.33. The Balaban J connectivity index is 1.10. The number of rotatable bonds is 5. The summed E-state index contributed by atoms with van der Waals surface area (Å²) in [5.74, 6) is 1.92. The van der Waals surface area contributed by atoms with E-state index in [1.807, 2.05) is 47.7 Å². The zero-order valence-corrected chi connectivity index (χ0v) is 28.2. The molecular formula is C44H26N4S2. The van der Waals surface area contributed by atoms with Crippen LogP contribution in [0.2, 0.25) is 0 Å². The van der Waals surface area contributed by atoms with Crippen molar-refractivity contribution in [1.29, 1.82) is 0 Å². The number of pyridine rings is 1. The van der Waals surface area contributed by atoms with Gasteiger partial charge in [-0.2, -0.15) is 0 Å². The maximum atomic E-state index is 5.33. The summed E-state index contributed by atoms with van der Waals surface area (Å²) in [5.41, 5.74) is 7.21. The zero-order chi connectivity index (χ0) is 33.0. The smallest absolute Gasteiger partial charge is 0.164 e. The molecule has 10 aromatic rings. The first-order valence-corrected chi connectivity index (χ1v) is 18.1. The molecule has 0 N–H and O–H groups in total. The van der Waals surface area contributed by atoms with Crippen LogP contribution in [0.3, 0.4) is 0 Å². The first-order valence-electron chi connectivity index (χ1n) is 16.5. The summed E-state index contributed by atoms with van der Waals surface area (Å²) in [4.78, 5) is 21.3. The van der Waals surface area contributed by atoms with Crippen molar-refractivity contribution in [2.75, 3.05) is 0 Å².